The molecule has 1 nitrogen and oxygen atoms in total. The van der Waals surface area contributed by atoms with Crippen LogP contribution in [0.1, 0.15) is 22.0 Å². The minimum atomic E-state index is -0.398. The molecule has 2 aromatic rings. The summed E-state index contributed by atoms with van der Waals surface area (Å²) in [7, 11) is 0. The Balaban J connectivity index is 2.15. The number of nitrogens with two attached hydrogens (primary N) is 1. The van der Waals surface area contributed by atoms with Crippen molar-refractivity contribution in [3.05, 3.63) is 54.9 Å². The highest BCUT2D eigenvalue weighted by Crippen LogP contribution is 2.32. The Labute approximate surface area is 123 Å². The lowest BCUT2D eigenvalue weighted by Crippen LogP contribution is -2.11. The van der Waals surface area contributed by atoms with Crippen molar-refractivity contribution in [3.8, 4) is 0 Å². The normalized spacial score (nSPS) is 12.7. The third-order valence-electron chi connectivity index (χ3n) is 2.68. The fourth-order valence-corrected chi connectivity index (χ4v) is 3.38. The molecule has 0 saturated heterocycles. The van der Waals surface area contributed by atoms with Gasteiger partial charge in [-0.2, -0.15) is 0 Å². The molecule has 96 valence electrons. The van der Waals surface area contributed by atoms with Crippen LogP contribution in [0.4, 0.5) is 4.39 Å². The van der Waals surface area contributed by atoms with Crippen molar-refractivity contribution in [2.45, 2.75) is 19.4 Å². The fourth-order valence-electron chi connectivity index (χ4n) is 1.69. The van der Waals surface area contributed by atoms with Crippen LogP contribution in [0, 0.1) is 12.7 Å². The number of benzene rings is 1. The smallest absolute Gasteiger partial charge is 0.142 e. The Morgan fingerprint density at radius 3 is 2.72 bits per heavy atom. The maximum Gasteiger partial charge on any atom is 0.142 e. The zero-order chi connectivity index (χ0) is 13.3. The molecule has 0 saturated carbocycles. The predicted octanol–water partition coefficient (Wildman–Crippen LogP) is 4.85. The van der Waals surface area contributed by atoms with Gasteiger partial charge >= 0.3 is 0 Å². The van der Waals surface area contributed by atoms with Gasteiger partial charge in [-0.15, -0.1) is 11.3 Å². The summed E-state index contributed by atoms with van der Waals surface area (Å²) in [5.74, 6) is -0.398. The summed E-state index contributed by atoms with van der Waals surface area (Å²) in [5.41, 5.74) is 8.16. The molecule has 0 aliphatic heterocycles. The Hall–Kier alpha value is -0.420. The van der Waals surface area contributed by atoms with Gasteiger partial charge in [0.1, 0.15) is 5.82 Å². The first-order valence-corrected chi connectivity index (χ1v) is 7.41. The van der Waals surface area contributed by atoms with Crippen molar-refractivity contribution >= 4 is 38.9 Å². The molecule has 18 heavy (non-hydrogen) atoms. The van der Waals surface area contributed by atoms with Gasteiger partial charge in [0.15, 0.2) is 0 Å². The Bertz CT molecular complexity index is 551. The van der Waals surface area contributed by atoms with E-state index in [4.69, 9.17) is 17.3 Å². The van der Waals surface area contributed by atoms with E-state index in [-0.39, 0.29) is 11.1 Å². The molecule has 2 rings (SSSR count). The molecule has 1 aromatic carbocycles. The third-order valence-corrected chi connectivity index (χ3v) is 5.26. The van der Waals surface area contributed by atoms with Crippen LogP contribution in [-0.4, -0.2) is 0 Å². The maximum atomic E-state index is 13.3. The number of thiophene rings is 1. The molecule has 1 unspecified atom stereocenters. The lowest BCUT2D eigenvalue weighted by Gasteiger charge is -2.09. The monoisotopic (exact) mass is 347 g/mol. The van der Waals surface area contributed by atoms with Crippen LogP contribution < -0.4 is 5.73 Å². The molecule has 1 heterocycles. The molecule has 5 heteroatoms. The fraction of sp³-hybridized carbons (Fsp3) is 0.231. The van der Waals surface area contributed by atoms with Crippen LogP contribution in [0.5, 0.6) is 0 Å². The summed E-state index contributed by atoms with van der Waals surface area (Å²) in [5, 5.41) is 0.141. The second kappa shape index (κ2) is 5.70. The highest BCUT2D eigenvalue weighted by Gasteiger charge is 2.12. The molecule has 0 aliphatic carbocycles. The summed E-state index contributed by atoms with van der Waals surface area (Å²) in [6.07, 6.45) is 0.598. The van der Waals surface area contributed by atoms with E-state index in [0.29, 0.717) is 6.42 Å². The number of halogens is 3. The van der Waals surface area contributed by atoms with E-state index in [2.05, 4.69) is 22.0 Å². The van der Waals surface area contributed by atoms with E-state index in [1.165, 1.54) is 11.6 Å². The third kappa shape index (κ3) is 3.12. The molecule has 0 spiro atoms. The van der Waals surface area contributed by atoms with Crippen molar-refractivity contribution in [1.82, 2.24) is 0 Å². The van der Waals surface area contributed by atoms with E-state index in [9.17, 15) is 4.39 Å². The topological polar surface area (TPSA) is 26.0 Å². The first-order chi connectivity index (χ1) is 8.47. The van der Waals surface area contributed by atoms with Gasteiger partial charge in [-0.05, 0) is 58.6 Å². The quantitative estimate of drug-likeness (QED) is 0.842. The Morgan fingerprint density at radius 2 is 2.17 bits per heavy atom. The van der Waals surface area contributed by atoms with Gasteiger partial charge in [-0.3, -0.25) is 0 Å². The SMILES string of the molecule is Cc1cc(C(N)Cc2ccc(Cl)c(F)c2)sc1Br. The van der Waals surface area contributed by atoms with Gasteiger partial charge in [0.05, 0.1) is 8.81 Å². The van der Waals surface area contributed by atoms with Gasteiger partial charge in [0, 0.05) is 10.9 Å². The Morgan fingerprint density at radius 1 is 1.44 bits per heavy atom. The van der Waals surface area contributed by atoms with Gasteiger partial charge in [0.25, 0.3) is 0 Å². The van der Waals surface area contributed by atoms with E-state index < -0.39 is 5.82 Å². The second-order valence-corrected chi connectivity index (χ2v) is 6.97. The minimum absolute atomic E-state index is 0.124. The molecular formula is C13H12BrClFNS. The molecule has 0 amide bonds. The van der Waals surface area contributed by atoms with Crippen molar-refractivity contribution in [1.29, 1.82) is 0 Å². The van der Waals surface area contributed by atoms with Crippen LogP contribution in [0.25, 0.3) is 0 Å². The minimum Gasteiger partial charge on any atom is -0.323 e. The average Bonchev–Trinajstić information content (AvgIpc) is 2.65. The molecule has 0 radical (unpaired) electrons. The van der Waals surface area contributed by atoms with Crippen LogP contribution in [0.3, 0.4) is 0 Å². The van der Waals surface area contributed by atoms with Gasteiger partial charge in [-0.25, -0.2) is 4.39 Å². The molecule has 2 N–H and O–H groups in total. The number of hydrogen-bond donors (Lipinski definition) is 1. The molecule has 1 aromatic heterocycles. The van der Waals surface area contributed by atoms with Gasteiger partial charge in [0.2, 0.25) is 0 Å². The van der Waals surface area contributed by atoms with E-state index in [1.54, 1.807) is 23.5 Å². The largest absolute Gasteiger partial charge is 0.323 e. The zero-order valence-electron chi connectivity index (χ0n) is 9.71. The first kappa shape index (κ1) is 14.0. The second-order valence-electron chi connectivity index (χ2n) is 4.16. The van der Waals surface area contributed by atoms with Crippen molar-refractivity contribution < 1.29 is 4.39 Å². The lowest BCUT2D eigenvalue weighted by atomic mass is 10.0. The number of rotatable bonds is 3. The van der Waals surface area contributed by atoms with Gasteiger partial charge < -0.3 is 5.73 Å². The van der Waals surface area contributed by atoms with Crippen LogP contribution >= 0.6 is 38.9 Å². The highest BCUT2D eigenvalue weighted by atomic mass is 79.9. The molecule has 1 atom stereocenters. The van der Waals surface area contributed by atoms with Crippen molar-refractivity contribution in [3.63, 3.8) is 0 Å². The zero-order valence-corrected chi connectivity index (χ0v) is 12.9. The van der Waals surface area contributed by atoms with Crippen molar-refractivity contribution in [2.75, 3.05) is 0 Å². The molecular weight excluding hydrogens is 337 g/mol. The summed E-state index contributed by atoms with van der Waals surface area (Å²) < 4.78 is 14.4. The lowest BCUT2D eigenvalue weighted by molar-refractivity contribution is 0.623. The number of hydrogen-bond acceptors (Lipinski definition) is 2. The van der Waals surface area contributed by atoms with E-state index in [0.717, 1.165) is 14.2 Å². The van der Waals surface area contributed by atoms with E-state index >= 15 is 0 Å². The van der Waals surface area contributed by atoms with Crippen LogP contribution in [-0.2, 0) is 6.42 Å². The standard InChI is InChI=1S/C13H12BrClFNS/c1-7-4-12(18-13(7)14)11(17)6-8-2-3-9(15)10(16)5-8/h2-5,11H,6,17H2,1H3. The van der Waals surface area contributed by atoms with Crippen LogP contribution in [0.15, 0.2) is 28.1 Å². The van der Waals surface area contributed by atoms with Gasteiger partial charge in [-0.1, -0.05) is 17.7 Å². The van der Waals surface area contributed by atoms with Crippen molar-refractivity contribution in [2.24, 2.45) is 5.73 Å². The number of aryl methyl sites for hydroxylation is 1. The van der Waals surface area contributed by atoms with E-state index in [1.807, 2.05) is 6.92 Å². The molecule has 0 aliphatic rings. The summed E-state index contributed by atoms with van der Waals surface area (Å²) in [6.45, 7) is 2.03. The summed E-state index contributed by atoms with van der Waals surface area (Å²) >= 11 is 10.7. The summed E-state index contributed by atoms with van der Waals surface area (Å²) in [6, 6.07) is 6.75. The first-order valence-electron chi connectivity index (χ1n) is 5.42. The average molecular weight is 349 g/mol. The Kier molecular flexibility index (Phi) is 4.43. The highest BCUT2D eigenvalue weighted by molar-refractivity contribution is 9.11. The predicted molar refractivity (Wildman–Crippen MR) is 78.8 cm³/mol. The molecule has 0 fully saturated rings. The van der Waals surface area contributed by atoms with Crippen LogP contribution in [0.2, 0.25) is 5.02 Å². The maximum absolute atomic E-state index is 13.3. The summed E-state index contributed by atoms with van der Waals surface area (Å²) in [4.78, 5) is 1.09. The molecule has 0 bridgehead atoms.